The molecule has 0 saturated heterocycles. The first-order valence-electron chi connectivity index (χ1n) is 9.40. The molecule has 3 rings (SSSR count). The molecule has 0 bridgehead atoms. The van der Waals surface area contributed by atoms with Crippen LogP contribution in [0.5, 0.6) is 11.5 Å². The highest BCUT2D eigenvalue weighted by Gasteiger charge is 2.23. The molecule has 2 aromatic carbocycles. The van der Waals surface area contributed by atoms with Crippen molar-refractivity contribution in [1.29, 1.82) is 0 Å². The van der Waals surface area contributed by atoms with Crippen LogP contribution in [0.15, 0.2) is 54.9 Å². The number of aromatic nitrogens is 2. The largest absolute Gasteiger partial charge is 0.493 e. The van der Waals surface area contributed by atoms with Gasteiger partial charge in [-0.1, -0.05) is 24.3 Å². The number of carbonyl (C=O) groups is 1. The fraction of sp³-hybridized carbons (Fsp3) is 0.217. The summed E-state index contributed by atoms with van der Waals surface area (Å²) in [6.07, 6.45) is 7.14. The molecule has 0 aliphatic carbocycles. The van der Waals surface area contributed by atoms with E-state index >= 15 is 0 Å². The number of methoxy groups -OCH3 is 2. The molecule has 0 aliphatic rings. The van der Waals surface area contributed by atoms with Crippen molar-refractivity contribution >= 4 is 12.0 Å². The van der Waals surface area contributed by atoms with Gasteiger partial charge in [0.1, 0.15) is 17.7 Å². The van der Waals surface area contributed by atoms with E-state index in [1.54, 1.807) is 43.8 Å². The zero-order valence-electron chi connectivity index (χ0n) is 17.3. The van der Waals surface area contributed by atoms with Gasteiger partial charge in [0.05, 0.1) is 14.2 Å². The highest BCUT2D eigenvalue weighted by Crippen LogP contribution is 2.34. The Morgan fingerprint density at radius 1 is 1.20 bits per heavy atom. The number of hydrogen-bond donors (Lipinski definition) is 1. The van der Waals surface area contributed by atoms with Crippen molar-refractivity contribution in [3.05, 3.63) is 83.2 Å². The number of imidazole rings is 1. The molecule has 1 aromatic heterocycles. The van der Waals surface area contributed by atoms with Gasteiger partial charge in [-0.2, -0.15) is 0 Å². The lowest BCUT2D eigenvalue weighted by atomic mass is 10.0. The van der Waals surface area contributed by atoms with Crippen LogP contribution in [0.4, 0.5) is 4.39 Å². The lowest BCUT2D eigenvalue weighted by Gasteiger charge is -2.20. The molecule has 30 heavy (non-hydrogen) atoms. The molecule has 3 aromatic rings. The Balaban J connectivity index is 2.01. The van der Waals surface area contributed by atoms with E-state index in [-0.39, 0.29) is 11.7 Å². The third-order valence-corrected chi connectivity index (χ3v) is 4.71. The molecular weight excluding hydrogens is 385 g/mol. The minimum absolute atomic E-state index is 0.320. The standard InChI is InChI=1S/C23H24FN3O3/c1-5-6-16-13-17(14-19(29-3)21(16)30-4)23(28)26-20(22-25-11-12-27(22)2)15-7-9-18(24)10-8-15/h5-14,20H,1-4H3,(H,26,28)/b6-5+. The van der Waals surface area contributed by atoms with Crippen molar-refractivity contribution < 1.29 is 18.7 Å². The predicted octanol–water partition coefficient (Wildman–Crippen LogP) is 4.13. The Labute approximate surface area is 175 Å². The minimum Gasteiger partial charge on any atom is -0.493 e. The van der Waals surface area contributed by atoms with Crippen molar-refractivity contribution in [3.63, 3.8) is 0 Å². The molecule has 1 N–H and O–H groups in total. The summed E-state index contributed by atoms with van der Waals surface area (Å²) in [4.78, 5) is 17.6. The Morgan fingerprint density at radius 3 is 2.50 bits per heavy atom. The Kier molecular flexibility index (Phi) is 6.51. The van der Waals surface area contributed by atoms with Crippen LogP contribution in [0.2, 0.25) is 0 Å². The third kappa shape index (κ3) is 4.35. The van der Waals surface area contributed by atoms with E-state index in [0.717, 1.165) is 5.56 Å². The van der Waals surface area contributed by atoms with Gasteiger partial charge in [0.15, 0.2) is 11.5 Å². The molecule has 156 valence electrons. The number of ether oxygens (including phenoxy) is 2. The lowest BCUT2D eigenvalue weighted by molar-refractivity contribution is 0.0940. The zero-order valence-corrected chi connectivity index (χ0v) is 17.3. The maximum absolute atomic E-state index is 13.4. The van der Waals surface area contributed by atoms with Crippen LogP contribution in [0, 0.1) is 5.82 Å². The predicted molar refractivity (Wildman–Crippen MR) is 113 cm³/mol. The van der Waals surface area contributed by atoms with Gasteiger partial charge in [0.2, 0.25) is 0 Å². The number of nitrogens with zero attached hydrogens (tertiary/aromatic N) is 2. The smallest absolute Gasteiger partial charge is 0.252 e. The van der Waals surface area contributed by atoms with E-state index in [4.69, 9.17) is 9.47 Å². The number of benzene rings is 2. The molecule has 7 heteroatoms. The summed E-state index contributed by atoms with van der Waals surface area (Å²) in [6, 6.07) is 8.79. The highest BCUT2D eigenvalue weighted by atomic mass is 19.1. The summed E-state index contributed by atoms with van der Waals surface area (Å²) >= 11 is 0. The quantitative estimate of drug-likeness (QED) is 0.637. The first-order chi connectivity index (χ1) is 14.5. The summed E-state index contributed by atoms with van der Waals surface area (Å²) in [5.74, 6) is 0.961. The van der Waals surface area contributed by atoms with E-state index in [1.165, 1.54) is 19.2 Å². The molecule has 0 radical (unpaired) electrons. The number of carbonyl (C=O) groups excluding carboxylic acids is 1. The van der Waals surface area contributed by atoms with Crippen LogP contribution in [-0.2, 0) is 7.05 Å². The van der Waals surface area contributed by atoms with Gasteiger partial charge in [-0.3, -0.25) is 4.79 Å². The van der Waals surface area contributed by atoms with E-state index in [0.29, 0.717) is 28.5 Å². The Morgan fingerprint density at radius 2 is 1.93 bits per heavy atom. The second kappa shape index (κ2) is 9.26. The van der Waals surface area contributed by atoms with Crippen molar-refractivity contribution in [2.75, 3.05) is 14.2 Å². The number of rotatable bonds is 7. The number of aryl methyl sites for hydroxylation is 1. The normalized spacial score (nSPS) is 12.0. The molecule has 0 saturated carbocycles. The molecule has 0 spiro atoms. The van der Waals surface area contributed by atoms with Crippen molar-refractivity contribution in [2.24, 2.45) is 7.05 Å². The van der Waals surface area contributed by atoms with Crippen LogP contribution in [0.25, 0.3) is 6.08 Å². The van der Waals surface area contributed by atoms with Crippen LogP contribution in [-0.4, -0.2) is 29.7 Å². The van der Waals surface area contributed by atoms with Crippen LogP contribution in [0.3, 0.4) is 0 Å². The molecule has 0 aliphatic heterocycles. The first kappa shape index (κ1) is 21.1. The van der Waals surface area contributed by atoms with E-state index in [1.807, 2.05) is 30.7 Å². The van der Waals surface area contributed by atoms with Gasteiger partial charge >= 0.3 is 0 Å². The fourth-order valence-electron chi connectivity index (χ4n) is 3.25. The molecule has 1 heterocycles. The Hall–Kier alpha value is -3.61. The number of allylic oxidation sites excluding steroid dienone is 1. The molecule has 1 unspecified atom stereocenters. The van der Waals surface area contributed by atoms with Gasteiger partial charge in [0, 0.05) is 30.6 Å². The average Bonchev–Trinajstić information content (AvgIpc) is 3.17. The molecular formula is C23H24FN3O3. The van der Waals surface area contributed by atoms with E-state index < -0.39 is 6.04 Å². The van der Waals surface area contributed by atoms with Crippen molar-refractivity contribution in [1.82, 2.24) is 14.9 Å². The maximum Gasteiger partial charge on any atom is 0.252 e. The van der Waals surface area contributed by atoms with Crippen molar-refractivity contribution in [2.45, 2.75) is 13.0 Å². The van der Waals surface area contributed by atoms with E-state index in [2.05, 4.69) is 10.3 Å². The fourth-order valence-corrected chi connectivity index (χ4v) is 3.25. The second-order valence-corrected chi connectivity index (χ2v) is 6.66. The van der Waals surface area contributed by atoms with Crippen LogP contribution < -0.4 is 14.8 Å². The number of nitrogens with one attached hydrogen (secondary N) is 1. The summed E-state index contributed by atoms with van der Waals surface area (Å²) in [7, 11) is 4.91. The summed E-state index contributed by atoms with van der Waals surface area (Å²) in [5.41, 5.74) is 1.84. The summed E-state index contributed by atoms with van der Waals surface area (Å²) < 4.78 is 26.1. The Bertz CT molecular complexity index is 1060. The van der Waals surface area contributed by atoms with Gasteiger partial charge in [-0.25, -0.2) is 9.37 Å². The molecule has 0 fully saturated rings. The second-order valence-electron chi connectivity index (χ2n) is 6.66. The monoisotopic (exact) mass is 409 g/mol. The lowest BCUT2D eigenvalue weighted by Crippen LogP contribution is -2.31. The number of amides is 1. The van der Waals surface area contributed by atoms with Gasteiger partial charge in [-0.15, -0.1) is 0 Å². The van der Waals surface area contributed by atoms with Crippen molar-refractivity contribution in [3.8, 4) is 11.5 Å². The number of hydrogen-bond acceptors (Lipinski definition) is 4. The van der Waals surface area contributed by atoms with Gasteiger partial charge in [-0.05, 0) is 36.8 Å². The van der Waals surface area contributed by atoms with Gasteiger partial charge in [0.25, 0.3) is 5.91 Å². The third-order valence-electron chi connectivity index (χ3n) is 4.71. The van der Waals surface area contributed by atoms with Gasteiger partial charge < -0.3 is 19.4 Å². The number of halogens is 1. The molecule has 6 nitrogen and oxygen atoms in total. The summed E-state index contributed by atoms with van der Waals surface area (Å²) in [5, 5.41) is 3.01. The first-order valence-corrected chi connectivity index (χ1v) is 9.40. The highest BCUT2D eigenvalue weighted by molar-refractivity contribution is 5.96. The molecule has 1 amide bonds. The minimum atomic E-state index is -0.559. The zero-order chi connectivity index (χ0) is 21.7. The average molecular weight is 409 g/mol. The topological polar surface area (TPSA) is 65.4 Å². The SMILES string of the molecule is C/C=C/c1cc(C(=O)NC(c2ccc(F)cc2)c2nccn2C)cc(OC)c1OC. The van der Waals surface area contributed by atoms with Crippen LogP contribution >= 0.6 is 0 Å². The van der Waals surface area contributed by atoms with E-state index in [9.17, 15) is 9.18 Å². The maximum atomic E-state index is 13.4. The van der Waals surface area contributed by atoms with Crippen LogP contribution in [0.1, 0.15) is 40.3 Å². The molecule has 1 atom stereocenters. The summed E-state index contributed by atoms with van der Waals surface area (Å²) in [6.45, 7) is 1.88.